The summed E-state index contributed by atoms with van der Waals surface area (Å²) >= 11 is 6.15. The molecule has 1 aliphatic carbocycles. The molecule has 1 fully saturated rings. The third-order valence-corrected chi connectivity index (χ3v) is 5.67. The van der Waals surface area contributed by atoms with Crippen molar-refractivity contribution in [3.63, 3.8) is 0 Å². The molecule has 1 aromatic carbocycles. The highest BCUT2D eigenvalue weighted by atomic mass is 35.5. The first kappa shape index (κ1) is 15.6. The van der Waals surface area contributed by atoms with Gasteiger partial charge in [-0.1, -0.05) is 23.7 Å². The Hall–Kier alpha value is -0.780. The molecular formula is C14H20ClNO3S. The van der Waals surface area contributed by atoms with Gasteiger partial charge in [-0.05, 0) is 25.3 Å². The summed E-state index contributed by atoms with van der Waals surface area (Å²) in [6.07, 6.45) is 4.11. The van der Waals surface area contributed by atoms with E-state index in [9.17, 15) is 8.42 Å². The highest BCUT2D eigenvalue weighted by Crippen LogP contribution is 2.33. The Labute approximate surface area is 125 Å². The normalized spacial score (nSPS) is 23.6. The van der Waals surface area contributed by atoms with Gasteiger partial charge in [0, 0.05) is 24.8 Å². The minimum absolute atomic E-state index is 0.117. The molecule has 2 rings (SSSR count). The van der Waals surface area contributed by atoms with Gasteiger partial charge in [-0.25, -0.2) is 8.42 Å². The Morgan fingerprint density at radius 2 is 2.15 bits per heavy atom. The number of rotatable bonds is 4. The molecule has 6 heteroatoms. The van der Waals surface area contributed by atoms with Crippen LogP contribution in [0.2, 0.25) is 5.02 Å². The second-order valence-electron chi connectivity index (χ2n) is 5.29. The van der Waals surface area contributed by atoms with Crippen molar-refractivity contribution in [1.82, 2.24) is 0 Å². The lowest BCUT2D eigenvalue weighted by atomic mass is 9.97. The lowest BCUT2D eigenvalue weighted by molar-refractivity contribution is 0.155. The zero-order valence-corrected chi connectivity index (χ0v) is 13.1. The minimum Gasteiger partial charge on any atom is -0.488 e. The maximum atomic E-state index is 11.7. The van der Waals surface area contributed by atoms with Gasteiger partial charge in [0.25, 0.3) is 0 Å². The van der Waals surface area contributed by atoms with E-state index in [1.807, 2.05) is 12.1 Å². The molecule has 4 nitrogen and oxygen atoms in total. The number of para-hydroxylation sites is 1. The van der Waals surface area contributed by atoms with E-state index in [-0.39, 0.29) is 11.4 Å². The average Bonchev–Trinajstić information content (AvgIpc) is 2.40. The largest absolute Gasteiger partial charge is 0.488 e. The van der Waals surface area contributed by atoms with E-state index in [4.69, 9.17) is 22.1 Å². The van der Waals surface area contributed by atoms with E-state index in [1.54, 1.807) is 6.07 Å². The molecule has 1 aliphatic rings. The van der Waals surface area contributed by atoms with E-state index in [0.29, 0.717) is 30.2 Å². The molecule has 1 aromatic rings. The highest BCUT2D eigenvalue weighted by Gasteiger charge is 2.30. The lowest BCUT2D eigenvalue weighted by Gasteiger charge is -2.29. The van der Waals surface area contributed by atoms with E-state index >= 15 is 0 Å². The van der Waals surface area contributed by atoms with Gasteiger partial charge in [-0.3, -0.25) is 0 Å². The van der Waals surface area contributed by atoms with Crippen LogP contribution in [0.5, 0.6) is 5.75 Å². The van der Waals surface area contributed by atoms with Crippen molar-refractivity contribution < 1.29 is 13.2 Å². The van der Waals surface area contributed by atoms with Crippen LogP contribution in [-0.2, 0) is 16.4 Å². The van der Waals surface area contributed by atoms with Gasteiger partial charge in [-0.15, -0.1) is 0 Å². The van der Waals surface area contributed by atoms with Crippen LogP contribution in [0.1, 0.15) is 31.2 Å². The summed E-state index contributed by atoms with van der Waals surface area (Å²) in [5, 5.41) is 0.208. The molecule has 0 aliphatic heterocycles. The molecule has 2 unspecified atom stereocenters. The fraction of sp³-hybridized carbons (Fsp3) is 0.571. The molecule has 0 heterocycles. The summed E-state index contributed by atoms with van der Waals surface area (Å²) in [5.41, 5.74) is 6.53. The van der Waals surface area contributed by atoms with E-state index in [2.05, 4.69) is 0 Å². The second-order valence-corrected chi connectivity index (χ2v) is 8.02. The first-order chi connectivity index (χ1) is 9.41. The van der Waals surface area contributed by atoms with Gasteiger partial charge in [-0.2, -0.15) is 0 Å². The molecule has 1 saturated carbocycles. The lowest BCUT2D eigenvalue weighted by Crippen LogP contribution is -2.33. The zero-order valence-electron chi connectivity index (χ0n) is 11.5. The fourth-order valence-electron chi connectivity index (χ4n) is 2.61. The molecule has 2 atom stereocenters. The Kier molecular flexibility index (Phi) is 4.94. The average molecular weight is 318 g/mol. The van der Waals surface area contributed by atoms with Crippen LogP contribution >= 0.6 is 11.6 Å². The minimum atomic E-state index is -3.01. The Morgan fingerprint density at radius 3 is 2.80 bits per heavy atom. The van der Waals surface area contributed by atoms with E-state index in [0.717, 1.165) is 18.4 Å². The number of hydrogen-bond donors (Lipinski definition) is 1. The number of halogens is 1. The number of ether oxygens (including phenoxy) is 1. The van der Waals surface area contributed by atoms with Crippen LogP contribution in [0.25, 0.3) is 0 Å². The fourth-order valence-corrected chi connectivity index (χ4v) is 4.01. The maximum absolute atomic E-state index is 11.7. The van der Waals surface area contributed by atoms with Crippen molar-refractivity contribution in [2.75, 3.05) is 6.26 Å². The zero-order chi connectivity index (χ0) is 14.8. The molecule has 0 amide bonds. The molecule has 0 aromatic heterocycles. The summed E-state index contributed by atoms with van der Waals surface area (Å²) < 4.78 is 29.3. The van der Waals surface area contributed by atoms with Gasteiger partial charge in [0.05, 0.1) is 10.3 Å². The first-order valence-corrected chi connectivity index (χ1v) is 9.08. The van der Waals surface area contributed by atoms with Gasteiger partial charge >= 0.3 is 0 Å². The van der Waals surface area contributed by atoms with Gasteiger partial charge in [0.2, 0.25) is 0 Å². The van der Waals surface area contributed by atoms with Crippen molar-refractivity contribution in [1.29, 1.82) is 0 Å². The Morgan fingerprint density at radius 1 is 1.40 bits per heavy atom. The molecule has 0 saturated heterocycles. The third kappa shape index (κ3) is 3.65. The van der Waals surface area contributed by atoms with Crippen LogP contribution in [0.4, 0.5) is 0 Å². The predicted molar refractivity (Wildman–Crippen MR) is 80.9 cm³/mol. The summed E-state index contributed by atoms with van der Waals surface area (Å²) in [5.74, 6) is 0.593. The van der Waals surface area contributed by atoms with Crippen molar-refractivity contribution in [3.05, 3.63) is 28.8 Å². The molecular weight excluding hydrogens is 298 g/mol. The SMILES string of the molecule is CS(=O)(=O)C1CCCC(Oc2c(Cl)cccc2CN)C1. The smallest absolute Gasteiger partial charge is 0.150 e. The van der Waals surface area contributed by atoms with Crippen LogP contribution in [0.15, 0.2) is 18.2 Å². The Bertz CT molecular complexity index is 574. The van der Waals surface area contributed by atoms with Crippen molar-refractivity contribution in [3.8, 4) is 5.75 Å². The highest BCUT2D eigenvalue weighted by molar-refractivity contribution is 7.91. The van der Waals surface area contributed by atoms with Crippen LogP contribution in [0.3, 0.4) is 0 Å². The second kappa shape index (κ2) is 6.33. The number of benzene rings is 1. The van der Waals surface area contributed by atoms with Crippen LogP contribution in [0, 0.1) is 0 Å². The third-order valence-electron chi connectivity index (χ3n) is 3.74. The van der Waals surface area contributed by atoms with Crippen LogP contribution < -0.4 is 10.5 Å². The van der Waals surface area contributed by atoms with E-state index in [1.165, 1.54) is 6.26 Å². The molecule has 0 spiro atoms. The standard InChI is InChI=1S/C14H20ClNO3S/c1-20(17,18)12-6-3-5-11(8-12)19-14-10(9-16)4-2-7-13(14)15/h2,4,7,11-12H,3,5-6,8-9,16H2,1H3. The molecule has 20 heavy (non-hydrogen) atoms. The molecule has 2 N–H and O–H groups in total. The molecule has 112 valence electrons. The predicted octanol–water partition coefficient (Wildman–Crippen LogP) is 2.53. The summed E-state index contributed by atoms with van der Waals surface area (Å²) in [4.78, 5) is 0. The number of nitrogens with two attached hydrogens (primary N) is 1. The van der Waals surface area contributed by atoms with E-state index < -0.39 is 9.84 Å². The summed E-state index contributed by atoms with van der Waals surface area (Å²) in [6, 6.07) is 5.46. The van der Waals surface area contributed by atoms with Crippen molar-refractivity contribution in [2.24, 2.45) is 5.73 Å². The van der Waals surface area contributed by atoms with Gasteiger partial charge in [0.15, 0.2) is 0 Å². The topological polar surface area (TPSA) is 69.4 Å². The quantitative estimate of drug-likeness (QED) is 0.926. The van der Waals surface area contributed by atoms with Gasteiger partial charge < -0.3 is 10.5 Å². The monoisotopic (exact) mass is 317 g/mol. The van der Waals surface area contributed by atoms with Crippen molar-refractivity contribution >= 4 is 21.4 Å². The van der Waals surface area contributed by atoms with Gasteiger partial charge in [0.1, 0.15) is 21.7 Å². The maximum Gasteiger partial charge on any atom is 0.150 e. The molecule has 0 bridgehead atoms. The summed E-state index contributed by atoms with van der Waals surface area (Å²) in [6.45, 7) is 0.345. The summed E-state index contributed by atoms with van der Waals surface area (Å²) in [7, 11) is -3.01. The van der Waals surface area contributed by atoms with Crippen LogP contribution in [-0.4, -0.2) is 26.0 Å². The molecule has 0 radical (unpaired) electrons. The number of sulfone groups is 1. The Balaban J connectivity index is 2.14. The number of hydrogen-bond acceptors (Lipinski definition) is 4. The van der Waals surface area contributed by atoms with Crippen molar-refractivity contribution in [2.45, 2.75) is 43.6 Å². The first-order valence-electron chi connectivity index (χ1n) is 6.74.